The number of fused-ring (bicyclic) bond motifs is 2. The topological polar surface area (TPSA) is 66.9 Å². The summed E-state index contributed by atoms with van der Waals surface area (Å²) in [5.41, 5.74) is 4.17. The number of hydrogen-bond donors (Lipinski definition) is 1. The minimum Gasteiger partial charge on any atom is -0.493 e. The average molecular weight is 535 g/mol. The smallest absolute Gasteiger partial charge is 0.410 e. The molecule has 1 unspecified atom stereocenters. The maximum absolute atomic E-state index is 13.0. The third-order valence-corrected chi connectivity index (χ3v) is 8.74. The summed E-state index contributed by atoms with van der Waals surface area (Å²) in [6.45, 7) is 16.3. The van der Waals surface area contributed by atoms with Crippen molar-refractivity contribution in [2.24, 2.45) is 5.92 Å². The molecule has 7 heteroatoms. The predicted molar refractivity (Wildman–Crippen MR) is 155 cm³/mol. The van der Waals surface area contributed by atoms with Crippen molar-refractivity contribution in [3.8, 4) is 17.0 Å². The predicted octanol–water partition coefficient (Wildman–Crippen LogP) is 5.62. The van der Waals surface area contributed by atoms with E-state index >= 15 is 0 Å². The van der Waals surface area contributed by atoms with Crippen LogP contribution in [0.4, 0.5) is 4.79 Å². The first-order valence-electron chi connectivity index (χ1n) is 14.9. The van der Waals surface area contributed by atoms with Crippen LogP contribution in [0.3, 0.4) is 0 Å². The molecular formula is C32H46N4O3. The number of nitrogens with one attached hydrogen (secondary N) is 1. The van der Waals surface area contributed by atoms with E-state index in [0.717, 1.165) is 82.0 Å². The van der Waals surface area contributed by atoms with Crippen LogP contribution in [0.5, 0.6) is 5.75 Å². The molecule has 3 atom stereocenters. The van der Waals surface area contributed by atoms with E-state index in [1.54, 1.807) is 0 Å². The molecule has 1 N–H and O–H groups in total. The number of carbonyl (C=O) groups is 1. The van der Waals surface area contributed by atoms with Crippen LogP contribution in [0.15, 0.2) is 36.4 Å². The molecule has 2 fully saturated rings. The summed E-state index contributed by atoms with van der Waals surface area (Å²) in [7, 11) is 0. The van der Waals surface area contributed by atoms with E-state index in [1.165, 1.54) is 11.3 Å². The number of piperidine rings is 1. The minimum absolute atomic E-state index is 0.0634. The molecule has 4 heterocycles. The van der Waals surface area contributed by atoms with Gasteiger partial charge in [0.15, 0.2) is 0 Å². The highest BCUT2D eigenvalue weighted by Crippen LogP contribution is 2.45. The monoisotopic (exact) mass is 534 g/mol. The number of amides is 1. The fourth-order valence-electron chi connectivity index (χ4n) is 7.04. The Morgan fingerprint density at radius 3 is 2.77 bits per heavy atom. The Bertz CT molecular complexity index is 1160. The molecule has 1 amide bonds. The normalized spacial score (nSPS) is 25.5. The summed E-state index contributed by atoms with van der Waals surface area (Å²) in [6.07, 6.45) is 4.09. The number of aromatic nitrogens is 1. The number of ether oxygens (including phenoxy) is 2. The van der Waals surface area contributed by atoms with Crippen LogP contribution in [0.1, 0.15) is 71.6 Å². The largest absolute Gasteiger partial charge is 0.493 e. The van der Waals surface area contributed by atoms with Gasteiger partial charge in [0.2, 0.25) is 0 Å². The zero-order chi connectivity index (χ0) is 27.6. The second kappa shape index (κ2) is 11.5. The molecule has 7 nitrogen and oxygen atoms in total. The highest BCUT2D eigenvalue weighted by molar-refractivity contribution is 5.69. The molecule has 212 valence electrons. The van der Waals surface area contributed by atoms with E-state index in [0.29, 0.717) is 12.5 Å². The summed E-state index contributed by atoms with van der Waals surface area (Å²) in [5.74, 6) is 1.42. The van der Waals surface area contributed by atoms with Crippen molar-refractivity contribution >= 4 is 6.09 Å². The second-order valence-electron chi connectivity index (χ2n) is 12.5. The van der Waals surface area contributed by atoms with Gasteiger partial charge in [0.1, 0.15) is 11.4 Å². The molecule has 1 spiro atoms. The molecule has 0 bridgehead atoms. The number of likely N-dealkylation sites (tertiary alicyclic amines) is 1. The lowest BCUT2D eigenvalue weighted by Gasteiger charge is -2.51. The molecule has 1 aromatic carbocycles. The Balaban J connectivity index is 1.48. The lowest BCUT2D eigenvalue weighted by Crippen LogP contribution is -2.58. The number of hydrogen-bond acceptors (Lipinski definition) is 6. The number of pyridine rings is 1. The Morgan fingerprint density at radius 1 is 1.18 bits per heavy atom. The first-order valence-corrected chi connectivity index (χ1v) is 14.9. The van der Waals surface area contributed by atoms with Gasteiger partial charge in [0.25, 0.3) is 0 Å². The standard InChI is InChI=1S/C32H46N4O3/c1-6-23-19-33-17-16-32(23)22-35(20-24-11-10-18-36(24)30(37)39-31(3,4)5)21-28-26(32)14-15-27(34-28)25-12-8-9-13-29(25)38-7-2/h8-9,12-15,23-24,33H,6-7,10-11,16-22H2,1-5H3/t23?,24-,32+/m1/s1. The van der Waals surface area contributed by atoms with E-state index < -0.39 is 5.60 Å². The van der Waals surface area contributed by atoms with Crippen LogP contribution in [0, 0.1) is 5.92 Å². The minimum atomic E-state index is -0.486. The number of rotatable bonds is 6. The lowest BCUT2D eigenvalue weighted by atomic mass is 9.63. The quantitative estimate of drug-likeness (QED) is 0.519. The molecule has 2 saturated heterocycles. The van der Waals surface area contributed by atoms with Crippen molar-refractivity contribution in [1.29, 1.82) is 0 Å². The number of carbonyl (C=O) groups excluding carboxylic acids is 1. The van der Waals surface area contributed by atoms with Gasteiger partial charge in [-0.25, -0.2) is 4.79 Å². The van der Waals surface area contributed by atoms with Crippen molar-refractivity contribution in [1.82, 2.24) is 20.1 Å². The van der Waals surface area contributed by atoms with Crippen LogP contribution >= 0.6 is 0 Å². The highest BCUT2D eigenvalue weighted by Gasteiger charge is 2.47. The van der Waals surface area contributed by atoms with Gasteiger partial charge in [0.05, 0.1) is 18.0 Å². The van der Waals surface area contributed by atoms with E-state index in [1.807, 2.05) is 44.7 Å². The van der Waals surface area contributed by atoms with Crippen LogP contribution in [-0.4, -0.2) is 71.9 Å². The van der Waals surface area contributed by atoms with Crippen molar-refractivity contribution in [3.63, 3.8) is 0 Å². The Morgan fingerprint density at radius 2 is 2.00 bits per heavy atom. The third-order valence-electron chi connectivity index (χ3n) is 8.74. The maximum atomic E-state index is 13.0. The molecule has 2 aromatic rings. The van der Waals surface area contributed by atoms with Gasteiger partial charge in [-0.3, -0.25) is 9.88 Å². The van der Waals surface area contributed by atoms with E-state index in [-0.39, 0.29) is 17.6 Å². The van der Waals surface area contributed by atoms with E-state index in [2.05, 4.69) is 41.4 Å². The molecule has 1 aromatic heterocycles. The maximum Gasteiger partial charge on any atom is 0.410 e. The van der Waals surface area contributed by atoms with E-state index in [9.17, 15) is 4.79 Å². The molecule has 0 aliphatic carbocycles. The van der Waals surface area contributed by atoms with Crippen LogP contribution < -0.4 is 10.1 Å². The Hall–Kier alpha value is -2.64. The average Bonchev–Trinajstić information content (AvgIpc) is 3.36. The van der Waals surface area contributed by atoms with Crippen LogP contribution in [0.25, 0.3) is 11.3 Å². The van der Waals surface area contributed by atoms with E-state index in [4.69, 9.17) is 14.5 Å². The zero-order valence-electron chi connectivity index (χ0n) is 24.5. The molecule has 5 rings (SSSR count). The summed E-state index contributed by atoms with van der Waals surface area (Å²) >= 11 is 0. The number of nitrogens with zero attached hydrogens (tertiary/aromatic N) is 3. The third kappa shape index (κ3) is 5.80. The van der Waals surface area contributed by atoms with Gasteiger partial charge in [-0.15, -0.1) is 0 Å². The Kier molecular flexibility index (Phi) is 8.20. The SMILES string of the molecule is CCOc1ccccc1-c1ccc2c(n1)CN(C[C@H]1CCCN1C(=O)OC(C)(C)C)C[C@]21CCNCC1CC. The van der Waals surface area contributed by atoms with Gasteiger partial charge in [0, 0.05) is 43.2 Å². The summed E-state index contributed by atoms with van der Waals surface area (Å²) < 4.78 is 11.7. The number of benzene rings is 1. The molecule has 39 heavy (non-hydrogen) atoms. The van der Waals surface area contributed by atoms with Crippen molar-refractivity contribution in [2.75, 3.05) is 39.3 Å². The molecule has 0 radical (unpaired) electrons. The van der Waals surface area contributed by atoms with Crippen molar-refractivity contribution in [2.45, 2.75) is 83.9 Å². The first-order chi connectivity index (χ1) is 18.7. The molecule has 3 aliphatic heterocycles. The van der Waals surface area contributed by atoms with Crippen molar-refractivity contribution in [3.05, 3.63) is 47.7 Å². The Labute approximate surface area is 234 Å². The summed E-state index contributed by atoms with van der Waals surface area (Å²) in [6, 6.07) is 12.9. The zero-order valence-corrected chi connectivity index (χ0v) is 24.5. The van der Waals surface area contributed by atoms with Gasteiger partial charge in [-0.2, -0.15) is 0 Å². The second-order valence-corrected chi connectivity index (χ2v) is 12.5. The van der Waals surface area contributed by atoms with Crippen LogP contribution in [-0.2, 0) is 16.7 Å². The molecule has 3 aliphatic rings. The van der Waals surface area contributed by atoms with Gasteiger partial charge in [-0.1, -0.05) is 31.5 Å². The van der Waals surface area contributed by atoms with Gasteiger partial charge in [-0.05, 0) is 89.7 Å². The molecular weight excluding hydrogens is 488 g/mol. The van der Waals surface area contributed by atoms with Gasteiger partial charge >= 0.3 is 6.09 Å². The number of para-hydroxylation sites is 1. The fraction of sp³-hybridized carbons (Fsp3) is 0.625. The van der Waals surface area contributed by atoms with Gasteiger partial charge < -0.3 is 19.7 Å². The summed E-state index contributed by atoms with van der Waals surface area (Å²) in [5, 5.41) is 3.65. The van der Waals surface area contributed by atoms with Crippen molar-refractivity contribution < 1.29 is 14.3 Å². The summed E-state index contributed by atoms with van der Waals surface area (Å²) in [4.78, 5) is 22.9. The fourth-order valence-corrected chi connectivity index (χ4v) is 7.04. The van der Waals surface area contributed by atoms with Crippen LogP contribution in [0.2, 0.25) is 0 Å². The first kappa shape index (κ1) is 27.9. The molecule has 0 saturated carbocycles. The lowest BCUT2D eigenvalue weighted by molar-refractivity contribution is 0.0160. The highest BCUT2D eigenvalue weighted by atomic mass is 16.6.